The number of hydrogen-bond acceptors (Lipinski definition) is 3. The zero-order valence-electron chi connectivity index (χ0n) is 21.1. The lowest BCUT2D eigenvalue weighted by molar-refractivity contribution is 0.102. The normalized spacial score (nSPS) is 20.7. The summed E-state index contributed by atoms with van der Waals surface area (Å²) >= 11 is 1.87. The van der Waals surface area contributed by atoms with Crippen LogP contribution in [0.4, 0.5) is 0 Å². The van der Waals surface area contributed by atoms with Crippen molar-refractivity contribution in [2.24, 2.45) is 5.92 Å². The van der Waals surface area contributed by atoms with Crippen LogP contribution in [0.2, 0.25) is 0 Å². The molecule has 0 bridgehead atoms. The lowest BCUT2D eigenvalue weighted by Gasteiger charge is -2.37. The van der Waals surface area contributed by atoms with E-state index in [1.54, 1.807) is 12.2 Å². The van der Waals surface area contributed by atoms with Gasteiger partial charge in [-0.1, -0.05) is 97.1 Å². The molecule has 0 spiro atoms. The molecule has 8 rings (SSSR count). The van der Waals surface area contributed by atoms with E-state index in [-0.39, 0.29) is 29.8 Å². The van der Waals surface area contributed by atoms with Crippen molar-refractivity contribution in [2.75, 3.05) is 0 Å². The molecule has 3 aromatic carbocycles. The number of ketones is 1. The average Bonchev–Trinajstić information content (AvgIpc) is 3.21. The molecule has 186 valence electrons. The SMILES string of the molecule is O=C(C1=CC=CC=C(O)C1)c1ccc2c3c1C=CC1=CC(c4cccc5c4sc4ccccc45)=CC(C=C2)C13. The number of fused-ring (bicyclic) bond motifs is 3. The number of benzene rings is 3. The van der Waals surface area contributed by atoms with E-state index < -0.39 is 0 Å². The molecule has 2 nitrogen and oxygen atoms in total. The molecule has 39 heavy (non-hydrogen) atoms. The predicted octanol–water partition coefficient (Wildman–Crippen LogP) is 9.34. The molecule has 2 unspecified atom stereocenters. The fourth-order valence-corrected chi connectivity index (χ4v) is 7.80. The lowest BCUT2D eigenvalue weighted by Crippen LogP contribution is -2.23. The van der Waals surface area contributed by atoms with E-state index in [9.17, 15) is 9.90 Å². The molecule has 0 saturated heterocycles. The Morgan fingerprint density at radius 3 is 2.72 bits per heavy atom. The van der Waals surface area contributed by atoms with Gasteiger partial charge in [0.2, 0.25) is 0 Å². The van der Waals surface area contributed by atoms with E-state index in [2.05, 4.69) is 85.0 Å². The highest BCUT2D eigenvalue weighted by molar-refractivity contribution is 7.26. The number of allylic oxidation sites excluding steroid dienone is 11. The van der Waals surface area contributed by atoms with Gasteiger partial charge in [0.15, 0.2) is 5.78 Å². The number of carbonyl (C=O) groups is 1. The molecule has 2 atom stereocenters. The summed E-state index contributed by atoms with van der Waals surface area (Å²) in [6.07, 6.45) is 20.9. The average molecular weight is 521 g/mol. The largest absolute Gasteiger partial charge is 0.512 e. The molecule has 0 amide bonds. The maximum Gasteiger partial charge on any atom is 0.190 e. The van der Waals surface area contributed by atoms with Gasteiger partial charge in [0, 0.05) is 49.6 Å². The summed E-state index contributed by atoms with van der Waals surface area (Å²) in [5.74, 6) is 0.598. The zero-order valence-corrected chi connectivity index (χ0v) is 21.9. The van der Waals surface area contributed by atoms with Crippen LogP contribution in [0.15, 0.2) is 120 Å². The number of thiophene rings is 1. The maximum absolute atomic E-state index is 13.7. The summed E-state index contributed by atoms with van der Waals surface area (Å²) in [6, 6.07) is 19.3. The molecule has 0 radical (unpaired) electrons. The maximum atomic E-state index is 13.7. The van der Waals surface area contributed by atoms with Crippen molar-refractivity contribution < 1.29 is 9.90 Å². The molecule has 0 saturated carbocycles. The Kier molecular flexibility index (Phi) is 4.92. The van der Waals surface area contributed by atoms with Crippen molar-refractivity contribution in [3.05, 3.63) is 148 Å². The summed E-state index contributed by atoms with van der Waals surface area (Å²) in [6.45, 7) is 0. The van der Waals surface area contributed by atoms with Gasteiger partial charge in [-0.2, -0.15) is 0 Å². The monoisotopic (exact) mass is 520 g/mol. The van der Waals surface area contributed by atoms with Crippen molar-refractivity contribution in [3.63, 3.8) is 0 Å². The predicted molar refractivity (Wildman–Crippen MR) is 163 cm³/mol. The number of aliphatic hydroxyl groups is 1. The van der Waals surface area contributed by atoms with Crippen LogP contribution in [0.1, 0.15) is 45.0 Å². The highest BCUT2D eigenvalue weighted by Crippen LogP contribution is 2.51. The van der Waals surface area contributed by atoms with Crippen LogP contribution in [0, 0.1) is 5.92 Å². The number of hydrogen-bond donors (Lipinski definition) is 1. The summed E-state index contributed by atoms with van der Waals surface area (Å²) < 4.78 is 2.65. The van der Waals surface area contributed by atoms with E-state index >= 15 is 0 Å². The Balaban J connectivity index is 1.24. The minimum atomic E-state index is -0.0223. The molecule has 3 heteroatoms. The third-order valence-electron chi connectivity index (χ3n) is 8.33. The molecule has 1 N–H and O–H groups in total. The van der Waals surface area contributed by atoms with Gasteiger partial charge in [-0.25, -0.2) is 0 Å². The van der Waals surface area contributed by atoms with Crippen molar-refractivity contribution in [2.45, 2.75) is 12.3 Å². The third-order valence-corrected chi connectivity index (χ3v) is 9.55. The summed E-state index contributed by atoms with van der Waals surface area (Å²) in [4.78, 5) is 13.7. The Morgan fingerprint density at radius 1 is 0.897 bits per heavy atom. The van der Waals surface area contributed by atoms with Crippen molar-refractivity contribution in [1.29, 1.82) is 0 Å². The van der Waals surface area contributed by atoms with E-state index in [0.717, 1.165) is 5.56 Å². The van der Waals surface area contributed by atoms with Gasteiger partial charge in [-0.15, -0.1) is 11.3 Å². The van der Waals surface area contributed by atoms with E-state index in [4.69, 9.17) is 0 Å². The first-order chi connectivity index (χ1) is 19.2. The van der Waals surface area contributed by atoms with Crippen molar-refractivity contribution in [3.8, 4) is 0 Å². The van der Waals surface area contributed by atoms with Gasteiger partial charge >= 0.3 is 0 Å². The molecule has 0 fully saturated rings. The summed E-state index contributed by atoms with van der Waals surface area (Å²) in [5, 5.41) is 12.8. The van der Waals surface area contributed by atoms with Crippen LogP contribution in [-0.4, -0.2) is 10.9 Å². The van der Waals surface area contributed by atoms with E-state index in [0.29, 0.717) is 11.1 Å². The number of rotatable bonds is 3. The van der Waals surface area contributed by atoms with E-state index in [1.807, 2.05) is 29.6 Å². The van der Waals surface area contributed by atoms with Crippen LogP contribution in [0.25, 0.3) is 37.9 Å². The first kappa shape index (κ1) is 22.5. The number of aliphatic hydroxyl groups excluding tert-OH is 1. The van der Waals surface area contributed by atoms with Crippen LogP contribution < -0.4 is 0 Å². The first-order valence-corrected chi connectivity index (χ1v) is 14.1. The molecule has 4 aliphatic carbocycles. The second-order valence-corrected chi connectivity index (χ2v) is 11.6. The number of carbonyl (C=O) groups excluding carboxylic acids is 1. The van der Waals surface area contributed by atoms with Gasteiger partial charge < -0.3 is 5.11 Å². The third kappa shape index (κ3) is 3.43. The molecule has 1 aromatic heterocycles. The van der Waals surface area contributed by atoms with Crippen LogP contribution in [0.5, 0.6) is 0 Å². The Labute approximate surface area is 230 Å². The molecule has 4 aliphatic rings. The number of Topliss-reactive ketones (excluding diaryl/α,β-unsaturated/α-hetero) is 1. The van der Waals surface area contributed by atoms with Crippen LogP contribution >= 0.6 is 11.3 Å². The fourth-order valence-electron chi connectivity index (χ4n) is 6.56. The van der Waals surface area contributed by atoms with Gasteiger partial charge in [-0.3, -0.25) is 4.79 Å². The van der Waals surface area contributed by atoms with Gasteiger partial charge in [0.05, 0.1) is 5.76 Å². The smallest absolute Gasteiger partial charge is 0.190 e. The summed E-state index contributed by atoms with van der Waals surface area (Å²) in [5.41, 5.74) is 8.56. The van der Waals surface area contributed by atoms with Crippen LogP contribution in [-0.2, 0) is 0 Å². The molecular weight excluding hydrogens is 496 g/mol. The highest BCUT2D eigenvalue weighted by Gasteiger charge is 2.36. The second-order valence-electron chi connectivity index (χ2n) is 10.6. The topological polar surface area (TPSA) is 37.3 Å². The minimum absolute atomic E-state index is 0.0223. The zero-order chi connectivity index (χ0) is 26.1. The Bertz CT molecular complexity index is 1970. The summed E-state index contributed by atoms with van der Waals surface area (Å²) in [7, 11) is 0. The van der Waals surface area contributed by atoms with Crippen LogP contribution in [0.3, 0.4) is 0 Å². The molecular formula is C36H24O2S. The Morgan fingerprint density at radius 2 is 1.77 bits per heavy atom. The molecule has 1 heterocycles. The van der Waals surface area contributed by atoms with E-state index in [1.165, 1.54) is 48.0 Å². The van der Waals surface area contributed by atoms with Gasteiger partial charge in [0.1, 0.15) is 0 Å². The Hall–Kier alpha value is -4.47. The van der Waals surface area contributed by atoms with Gasteiger partial charge in [-0.05, 0) is 51.6 Å². The second kappa shape index (κ2) is 8.52. The fraction of sp³-hybridized carbons (Fsp3) is 0.0833. The first-order valence-electron chi connectivity index (χ1n) is 13.3. The van der Waals surface area contributed by atoms with Crippen molar-refractivity contribution >= 4 is 55.0 Å². The van der Waals surface area contributed by atoms with Crippen molar-refractivity contribution in [1.82, 2.24) is 0 Å². The highest BCUT2D eigenvalue weighted by atomic mass is 32.1. The minimum Gasteiger partial charge on any atom is -0.512 e. The molecule has 4 aromatic rings. The lowest BCUT2D eigenvalue weighted by atomic mass is 9.66. The standard InChI is InChI=1S/C36H24O2S/c37-26-7-2-1-6-24(20-26)35(38)30-17-14-21-12-13-22-18-25(19-23-15-16-29(30)34(21)33(22)23)27-9-5-10-31-28-8-3-4-11-32(28)39-36(27)31/h1-19,22,33,37H,20H2. The quantitative estimate of drug-likeness (QED) is 0.273. The molecule has 0 aliphatic heterocycles. The van der Waals surface area contributed by atoms with Gasteiger partial charge in [0.25, 0.3) is 0 Å².